The summed E-state index contributed by atoms with van der Waals surface area (Å²) in [5.41, 5.74) is 1.08. The molecular formula is C21H25ClN2O3. The number of para-hydroxylation sites is 2. The molecule has 1 heterocycles. The van der Waals surface area contributed by atoms with Gasteiger partial charge in [-0.1, -0.05) is 23.7 Å². The first-order valence-electron chi connectivity index (χ1n) is 9.26. The van der Waals surface area contributed by atoms with Crippen molar-refractivity contribution in [3.63, 3.8) is 0 Å². The average Bonchev–Trinajstić information content (AvgIpc) is 2.70. The Kier molecular flexibility index (Phi) is 6.45. The number of benzene rings is 2. The van der Waals surface area contributed by atoms with Crippen LogP contribution in [0.25, 0.3) is 0 Å². The van der Waals surface area contributed by atoms with Crippen LogP contribution in [0.1, 0.15) is 13.8 Å². The SMILES string of the molecule is CCOc1ccccc1N1CCN(C(=O)[C@H](C)Oc2ccc(Cl)cc2)CC1. The van der Waals surface area contributed by atoms with Gasteiger partial charge in [0.05, 0.1) is 12.3 Å². The maximum Gasteiger partial charge on any atom is 0.263 e. The van der Waals surface area contributed by atoms with E-state index in [2.05, 4.69) is 11.0 Å². The summed E-state index contributed by atoms with van der Waals surface area (Å²) in [6.07, 6.45) is -0.534. The Hall–Kier alpha value is -2.40. The van der Waals surface area contributed by atoms with E-state index in [0.717, 1.165) is 24.5 Å². The molecule has 1 fully saturated rings. The van der Waals surface area contributed by atoms with Crippen LogP contribution in [-0.2, 0) is 4.79 Å². The minimum absolute atomic E-state index is 0.00249. The second-order valence-electron chi connectivity index (χ2n) is 6.43. The van der Waals surface area contributed by atoms with Crippen LogP contribution in [0.2, 0.25) is 5.02 Å². The van der Waals surface area contributed by atoms with Gasteiger partial charge in [0.15, 0.2) is 6.10 Å². The van der Waals surface area contributed by atoms with Crippen LogP contribution in [0.15, 0.2) is 48.5 Å². The quantitative estimate of drug-likeness (QED) is 0.753. The third kappa shape index (κ3) is 4.86. The second kappa shape index (κ2) is 9.00. The molecule has 5 nitrogen and oxygen atoms in total. The Morgan fingerprint density at radius 2 is 1.74 bits per heavy atom. The highest BCUT2D eigenvalue weighted by Crippen LogP contribution is 2.29. The molecule has 0 unspecified atom stereocenters. The van der Waals surface area contributed by atoms with Crippen LogP contribution < -0.4 is 14.4 Å². The van der Waals surface area contributed by atoms with Crippen LogP contribution in [0.5, 0.6) is 11.5 Å². The van der Waals surface area contributed by atoms with E-state index in [9.17, 15) is 4.79 Å². The van der Waals surface area contributed by atoms with Gasteiger partial charge < -0.3 is 19.3 Å². The number of piperazine rings is 1. The number of carbonyl (C=O) groups is 1. The van der Waals surface area contributed by atoms with E-state index in [1.165, 1.54) is 0 Å². The van der Waals surface area contributed by atoms with E-state index >= 15 is 0 Å². The number of hydrogen-bond acceptors (Lipinski definition) is 4. The number of amides is 1. The van der Waals surface area contributed by atoms with Crippen molar-refractivity contribution in [1.82, 2.24) is 4.90 Å². The van der Waals surface area contributed by atoms with Crippen molar-refractivity contribution >= 4 is 23.2 Å². The summed E-state index contributed by atoms with van der Waals surface area (Å²) in [6.45, 7) is 7.26. The van der Waals surface area contributed by atoms with Gasteiger partial charge in [-0.25, -0.2) is 0 Å². The topological polar surface area (TPSA) is 42.0 Å². The summed E-state index contributed by atoms with van der Waals surface area (Å²) in [6, 6.07) is 15.1. The molecule has 3 rings (SSSR count). The lowest BCUT2D eigenvalue weighted by molar-refractivity contribution is -0.138. The van der Waals surface area contributed by atoms with Crippen LogP contribution in [-0.4, -0.2) is 49.7 Å². The zero-order valence-electron chi connectivity index (χ0n) is 15.7. The minimum Gasteiger partial charge on any atom is -0.492 e. The molecule has 2 aromatic rings. The van der Waals surface area contributed by atoms with E-state index in [-0.39, 0.29) is 5.91 Å². The lowest BCUT2D eigenvalue weighted by Crippen LogP contribution is -2.52. The summed E-state index contributed by atoms with van der Waals surface area (Å²) < 4.78 is 11.5. The summed E-state index contributed by atoms with van der Waals surface area (Å²) in [7, 11) is 0. The zero-order valence-corrected chi connectivity index (χ0v) is 16.5. The zero-order chi connectivity index (χ0) is 19.2. The lowest BCUT2D eigenvalue weighted by atomic mass is 10.2. The van der Waals surface area contributed by atoms with Crippen LogP contribution in [0.3, 0.4) is 0 Å². The molecule has 1 aliphatic rings. The highest BCUT2D eigenvalue weighted by molar-refractivity contribution is 6.30. The first kappa shape index (κ1) is 19.4. The number of halogens is 1. The van der Waals surface area contributed by atoms with Gasteiger partial charge in [-0.2, -0.15) is 0 Å². The van der Waals surface area contributed by atoms with Crippen molar-refractivity contribution < 1.29 is 14.3 Å². The molecule has 0 N–H and O–H groups in total. The Labute approximate surface area is 165 Å². The minimum atomic E-state index is -0.534. The van der Waals surface area contributed by atoms with E-state index in [4.69, 9.17) is 21.1 Å². The second-order valence-corrected chi connectivity index (χ2v) is 6.86. The Bertz CT molecular complexity index is 758. The molecule has 1 amide bonds. The van der Waals surface area contributed by atoms with Crippen molar-refractivity contribution in [3.05, 3.63) is 53.6 Å². The standard InChI is InChI=1S/C21H25ClN2O3/c1-3-26-20-7-5-4-6-19(20)23-12-14-24(15-13-23)21(25)16(2)27-18-10-8-17(22)9-11-18/h4-11,16H,3,12-15H2,1-2H3/t16-/m0/s1. The first-order valence-corrected chi connectivity index (χ1v) is 9.64. The third-order valence-corrected chi connectivity index (χ3v) is 4.82. The van der Waals surface area contributed by atoms with E-state index in [0.29, 0.717) is 30.5 Å². The van der Waals surface area contributed by atoms with Crippen molar-refractivity contribution in [2.75, 3.05) is 37.7 Å². The van der Waals surface area contributed by atoms with Gasteiger partial charge in [0, 0.05) is 31.2 Å². The average molecular weight is 389 g/mol. The molecule has 0 aliphatic carbocycles. The van der Waals surface area contributed by atoms with Crippen LogP contribution >= 0.6 is 11.6 Å². The maximum atomic E-state index is 12.7. The van der Waals surface area contributed by atoms with E-state index < -0.39 is 6.10 Å². The predicted molar refractivity (Wildman–Crippen MR) is 108 cm³/mol. The molecule has 27 heavy (non-hydrogen) atoms. The summed E-state index contributed by atoms with van der Waals surface area (Å²) in [5.74, 6) is 1.53. The predicted octanol–water partition coefficient (Wildman–Crippen LogP) is 3.85. The van der Waals surface area contributed by atoms with Gasteiger partial charge in [0.2, 0.25) is 0 Å². The van der Waals surface area contributed by atoms with E-state index in [1.807, 2.05) is 30.0 Å². The van der Waals surface area contributed by atoms with Crippen molar-refractivity contribution in [1.29, 1.82) is 0 Å². The van der Waals surface area contributed by atoms with E-state index in [1.54, 1.807) is 31.2 Å². The van der Waals surface area contributed by atoms with Crippen LogP contribution in [0.4, 0.5) is 5.69 Å². The molecule has 1 aliphatic heterocycles. The fraction of sp³-hybridized carbons (Fsp3) is 0.381. The fourth-order valence-corrected chi connectivity index (χ4v) is 3.31. The molecule has 1 atom stereocenters. The number of nitrogens with zero attached hydrogens (tertiary/aromatic N) is 2. The molecule has 6 heteroatoms. The largest absolute Gasteiger partial charge is 0.492 e. The van der Waals surface area contributed by atoms with Crippen LogP contribution in [0, 0.1) is 0 Å². The Morgan fingerprint density at radius 3 is 2.41 bits per heavy atom. The first-order chi connectivity index (χ1) is 13.1. The number of rotatable bonds is 6. The highest BCUT2D eigenvalue weighted by Gasteiger charge is 2.27. The summed E-state index contributed by atoms with van der Waals surface area (Å²) in [4.78, 5) is 16.8. The molecule has 2 aromatic carbocycles. The van der Waals surface area contributed by atoms with Gasteiger partial charge in [-0.15, -0.1) is 0 Å². The Morgan fingerprint density at radius 1 is 1.07 bits per heavy atom. The number of anilines is 1. The van der Waals surface area contributed by atoms with Gasteiger partial charge in [0.1, 0.15) is 11.5 Å². The number of ether oxygens (including phenoxy) is 2. The van der Waals surface area contributed by atoms with Gasteiger partial charge in [-0.05, 0) is 50.2 Å². The fourth-order valence-electron chi connectivity index (χ4n) is 3.19. The maximum absolute atomic E-state index is 12.7. The Balaban J connectivity index is 1.57. The molecule has 0 bridgehead atoms. The molecule has 0 radical (unpaired) electrons. The van der Waals surface area contributed by atoms with Gasteiger partial charge in [0.25, 0.3) is 5.91 Å². The summed E-state index contributed by atoms with van der Waals surface area (Å²) >= 11 is 5.88. The normalized spacial score (nSPS) is 15.4. The lowest BCUT2D eigenvalue weighted by Gasteiger charge is -2.37. The molecule has 0 aromatic heterocycles. The third-order valence-electron chi connectivity index (χ3n) is 4.57. The van der Waals surface area contributed by atoms with Crippen molar-refractivity contribution in [2.45, 2.75) is 20.0 Å². The molecular weight excluding hydrogens is 364 g/mol. The molecule has 1 saturated heterocycles. The monoisotopic (exact) mass is 388 g/mol. The van der Waals surface area contributed by atoms with Crippen molar-refractivity contribution in [2.24, 2.45) is 0 Å². The molecule has 144 valence electrons. The van der Waals surface area contributed by atoms with Gasteiger partial charge >= 0.3 is 0 Å². The summed E-state index contributed by atoms with van der Waals surface area (Å²) in [5, 5.41) is 0.643. The van der Waals surface area contributed by atoms with Crippen molar-refractivity contribution in [3.8, 4) is 11.5 Å². The smallest absolute Gasteiger partial charge is 0.263 e. The van der Waals surface area contributed by atoms with Gasteiger partial charge in [-0.3, -0.25) is 4.79 Å². The molecule has 0 saturated carbocycles. The number of carbonyl (C=O) groups excluding carboxylic acids is 1. The highest BCUT2D eigenvalue weighted by atomic mass is 35.5. The molecule has 0 spiro atoms. The number of hydrogen-bond donors (Lipinski definition) is 0.